The molecule has 106 valence electrons. The van der Waals surface area contributed by atoms with E-state index in [1.54, 1.807) is 18.2 Å². The van der Waals surface area contributed by atoms with Crippen molar-refractivity contribution in [2.45, 2.75) is 0 Å². The van der Waals surface area contributed by atoms with Gasteiger partial charge in [0.15, 0.2) is 5.82 Å². The Morgan fingerprint density at radius 3 is 2.67 bits per heavy atom. The van der Waals surface area contributed by atoms with Crippen molar-refractivity contribution in [3.05, 3.63) is 52.3 Å². The van der Waals surface area contributed by atoms with Crippen LogP contribution < -0.4 is 5.73 Å². The Morgan fingerprint density at radius 2 is 1.90 bits per heavy atom. The van der Waals surface area contributed by atoms with Gasteiger partial charge in [-0.3, -0.25) is 0 Å². The standard InChI is InChI=1S/C13H8Cl2FN5/c14-7-1-4-11(16)12(5-7)21-13(18-19-20-21)9-3-2-8(17)6-10(9)15/h1-6H,17H2. The lowest BCUT2D eigenvalue weighted by atomic mass is 10.2. The van der Waals surface area contributed by atoms with Crippen LogP contribution in [0.25, 0.3) is 17.1 Å². The van der Waals surface area contributed by atoms with Crippen LogP contribution >= 0.6 is 23.2 Å². The summed E-state index contributed by atoms with van der Waals surface area (Å²) in [5, 5.41) is 12.0. The van der Waals surface area contributed by atoms with Gasteiger partial charge in [0, 0.05) is 16.3 Å². The first-order valence-electron chi connectivity index (χ1n) is 5.85. The van der Waals surface area contributed by atoms with Crippen LogP contribution in [0.2, 0.25) is 10.0 Å². The number of hydrogen-bond acceptors (Lipinski definition) is 4. The van der Waals surface area contributed by atoms with Crippen molar-refractivity contribution in [1.29, 1.82) is 0 Å². The molecule has 5 nitrogen and oxygen atoms in total. The number of nitrogen functional groups attached to an aromatic ring is 1. The highest BCUT2D eigenvalue weighted by molar-refractivity contribution is 6.33. The largest absolute Gasteiger partial charge is 0.399 e. The number of nitrogens with two attached hydrogens (primary N) is 1. The Kier molecular flexibility index (Phi) is 3.48. The van der Waals surface area contributed by atoms with E-state index in [0.717, 1.165) is 0 Å². The summed E-state index contributed by atoms with van der Waals surface area (Å²) in [6.07, 6.45) is 0. The normalized spacial score (nSPS) is 10.8. The minimum Gasteiger partial charge on any atom is -0.399 e. The van der Waals surface area contributed by atoms with Crippen molar-refractivity contribution < 1.29 is 4.39 Å². The molecule has 0 fully saturated rings. The summed E-state index contributed by atoms with van der Waals surface area (Å²) >= 11 is 12.0. The van der Waals surface area contributed by atoms with Crippen molar-refractivity contribution in [2.75, 3.05) is 5.73 Å². The van der Waals surface area contributed by atoms with Gasteiger partial charge in [0.2, 0.25) is 0 Å². The van der Waals surface area contributed by atoms with E-state index in [1.165, 1.54) is 22.9 Å². The molecule has 0 saturated carbocycles. The summed E-state index contributed by atoms with van der Waals surface area (Å²) in [5.74, 6) is -0.208. The number of tetrazole rings is 1. The predicted molar refractivity (Wildman–Crippen MR) is 79.0 cm³/mol. The fourth-order valence-corrected chi connectivity index (χ4v) is 2.32. The summed E-state index contributed by atoms with van der Waals surface area (Å²) in [4.78, 5) is 0. The molecule has 21 heavy (non-hydrogen) atoms. The first-order valence-corrected chi connectivity index (χ1v) is 6.61. The number of benzene rings is 2. The molecule has 8 heteroatoms. The highest BCUT2D eigenvalue weighted by atomic mass is 35.5. The van der Waals surface area contributed by atoms with Gasteiger partial charge in [-0.2, -0.15) is 4.68 Å². The van der Waals surface area contributed by atoms with Gasteiger partial charge in [-0.25, -0.2) is 4.39 Å². The van der Waals surface area contributed by atoms with E-state index in [1.807, 2.05) is 0 Å². The van der Waals surface area contributed by atoms with Crippen LogP contribution in [0.15, 0.2) is 36.4 Å². The van der Waals surface area contributed by atoms with Gasteiger partial charge in [0.25, 0.3) is 0 Å². The lowest BCUT2D eigenvalue weighted by Gasteiger charge is -2.08. The Bertz CT molecular complexity index is 818. The zero-order chi connectivity index (χ0) is 15.0. The second-order valence-electron chi connectivity index (χ2n) is 4.25. The van der Waals surface area contributed by atoms with E-state index in [2.05, 4.69) is 15.5 Å². The molecule has 1 heterocycles. The molecule has 0 radical (unpaired) electrons. The van der Waals surface area contributed by atoms with Crippen molar-refractivity contribution in [3.63, 3.8) is 0 Å². The van der Waals surface area contributed by atoms with Crippen molar-refractivity contribution >= 4 is 28.9 Å². The van der Waals surface area contributed by atoms with E-state index in [0.29, 0.717) is 27.1 Å². The lowest BCUT2D eigenvalue weighted by molar-refractivity contribution is 0.608. The fourth-order valence-electron chi connectivity index (χ4n) is 1.88. The maximum atomic E-state index is 14.0. The molecule has 2 aromatic carbocycles. The molecule has 1 aromatic heterocycles. The SMILES string of the molecule is Nc1ccc(-c2nnnn2-c2cc(Cl)ccc2F)c(Cl)c1. The molecule has 0 bridgehead atoms. The summed E-state index contributed by atoms with van der Waals surface area (Å²) in [5.41, 5.74) is 6.84. The monoisotopic (exact) mass is 323 g/mol. The maximum absolute atomic E-state index is 14.0. The Labute approximate surface area is 129 Å². The van der Waals surface area contributed by atoms with Gasteiger partial charge in [-0.1, -0.05) is 23.2 Å². The van der Waals surface area contributed by atoms with Crippen LogP contribution in [0, 0.1) is 5.82 Å². The van der Waals surface area contributed by atoms with Crippen LogP contribution in [0.4, 0.5) is 10.1 Å². The topological polar surface area (TPSA) is 69.6 Å². The molecule has 3 aromatic rings. The van der Waals surface area contributed by atoms with Gasteiger partial charge in [0.1, 0.15) is 11.5 Å². The van der Waals surface area contributed by atoms with Crippen molar-refractivity contribution in [3.8, 4) is 17.1 Å². The zero-order valence-electron chi connectivity index (χ0n) is 10.5. The smallest absolute Gasteiger partial charge is 0.188 e. The Morgan fingerprint density at radius 1 is 1.10 bits per heavy atom. The van der Waals surface area contributed by atoms with Crippen LogP contribution in [0.3, 0.4) is 0 Å². The quantitative estimate of drug-likeness (QED) is 0.734. The molecule has 0 spiro atoms. The molecule has 0 amide bonds. The third kappa shape index (κ3) is 2.55. The second kappa shape index (κ2) is 5.31. The van der Waals surface area contributed by atoms with Crippen LogP contribution in [0.1, 0.15) is 0 Å². The average molecular weight is 324 g/mol. The minimum absolute atomic E-state index is 0.135. The number of aromatic nitrogens is 4. The molecule has 0 unspecified atom stereocenters. The van der Waals surface area contributed by atoms with E-state index in [-0.39, 0.29) is 5.69 Å². The summed E-state index contributed by atoms with van der Waals surface area (Å²) in [7, 11) is 0. The third-order valence-electron chi connectivity index (χ3n) is 2.84. The molecule has 3 rings (SSSR count). The lowest BCUT2D eigenvalue weighted by Crippen LogP contribution is -2.03. The Balaban J connectivity index is 2.19. The molecular formula is C13H8Cl2FN5. The van der Waals surface area contributed by atoms with Gasteiger partial charge < -0.3 is 5.73 Å². The van der Waals surface area contributed by atoms with E-state index >= 15 is 0 Å². The first-order chi connectivity index (χ1) is 10.1. The van der Waals surface area contributed by atoms with E-state index in [9.17, 15) is 4.39 Å². The molecule has 0 aliphatic rings. The molecule has 0 aliphatic carbocycles. The van der Waals surface area contributed by atoms with Crippen molar-refractivity contribution in [2.24, 2.45) is 0 Å². The van der Waals surface area contributed by atoms with E-state index in [4.69, 9.17) is 28.9 Å². The number of hydrogen-bond donors (Lipinski definition) is 1. The van der Waals surface area contributed by atoms with Crippen LogP contribution in [-0.4, -0.2) is 20.2 Å². The second-order valence-corrected chi connectivity index (χ2v) is 5.09. The molecular weight excluding hydrogens is 316 g/mol. The number of rotatable bonds is 2. The molecule has 0 atom stereocenters. The van der Waals surface area contributed by atoms with E-state index < -0.39 is 5.82 Å². The minimum atomic E-state index is -0.500. The maximum Gasteiger partial charge on any atom is 0.188 e. The summed E-state index contributed by atoms with van der Waals surface area (Å²) in [6.45, 7) is 0. The number of nitrogens with zero attached hydrogens (tertiary/aromatic N) is 4. The molecule has 2 N–H and O–H groups in total. The summed E-state index contributed by atoms with van der Waals surface area (Å²) in [6, 6.07) is 9.03. The van der Waals surface area contributed by atoms with Gasteiger partial charge in [-0.05, 0) is 46.8 Å². The van der Waals surface area contributed by atoms with Crippen LogP contribution in [0.5, 0.6) is 0 Å². The first kappa shape index (κ1) is 13.8. The van der Waals surface area contributed by atoms with Gasteiger partial charge >= 0.3 is 0 Å². The highest BCUT2D eigenvalue weighted by Gasteiger charge is 2.16. The highest BCUT2D eigenvalue weighted by Crippen LogP contribution is 2.30. The Hall–Kier alpha value is -2.18. The number of anilines is 1. The third-order valence-corrected chi connectivity index (χ3v) is 3.39. The average Bonchev–Trinajstić information content (AvgIpc) is 2.90. The van der Waals surface area contributed by atoms with Crippen LogP contribution in [-0.2, 0) is 0 Å². The molecule has 0 saturated heterocycles. The summed E-state index contributed by atoms with van der Waals surface area (Å²) < 4.78 is 15.2. The predicted octanol–water partition coefficient (Wildman–Crippen LogP) is 3.36. The van der Waals surface area contributed by atoms with Gasteiger partial charge in [-0.15, -0.1) is 5.10 Å². The van der Waals surface area contributed by atoms with Crippen molar-refractivity contribution in [1.82, 2.24) is 20.2 Å². The number of halogens is 3. The fraction of sp³-hybridized carbons (Fsp3) is 0. The van der Waals surface area contributed by atoms with Gasteiger partial charge in [0.05, 0.1) is 5.02 Å². The molecule has 0 aliphatic heterocycles. The zero-order valence-corrected chi connectivity index (χ0v) is 12.0.